The SMILES string of the molecule is CN=C(NCc1ccc(Br)cc1)N(C)CCC1CCOCC1.I. The molecule has 1 aliphatic rings. The van der Waals surface area contributed by atoms with Crippen molar-refractivity contribution in [3.63, 3.8) is 0 Å². The molecule has 4 nitrogen and oxygen atoms in total. The number of benzene rings is 1. The van der Waals surface area contributed by atoms with Crippen LogP contribution in [0.1, 0.15) is 24.8 Å². The summed E-state index contributed by atoms with van der Waals surface area (Å²) in [6, 6.07) is 8.36. The molecule has 0 amide bonds. The lowest BCUT2D eigenvalue weighted by Gasteiger charge is -2.26. The molecule has 0 radical (unpaired) electrons. The maximum Gasteiger partial charge on any atom is 0.193 e. The van der Waals surface area contributed by atoms with Gasteiger partial charge in [-0.05, 0) is 42.9 Å². The van der Waals surface area contributed by atoms with Gasteiger partial charge in [-0.3, -0.25) is 4.99 Å². The summed E-state index contributed by atoms with van der Waals surface area (Å²) in [5.41, 5.74) is 1.25. The predicted molar refractivity (Wildman–Crippen MR) is 111 cm³/mol. The third-order valence-electron chi connectivity index (χ3n) is 4.15. The van der Waals surface area contributed by atoms with Crippen LogP contribution in [0.25, 0.3) is 0 Å². The van der Waals surface area contributed by atoms with Crippen LogP contribution in [0.4, 0.5) is 0 Å². The van der Waals surface area contributed by atoms with E-state index in [1.807, 2.05) is 7.05 Å². The average molecular weight is 496 g/mol. The molecular weight excluding hydrogens is 469 g/mol. The van der Waals surface area contributed by atoms with Gasteiger partial charge in [-0.1, -0.05) is 28.1 Å². The maximum atomic E-state index is 5.42. The van der Waals surface area contributed by atoms with Crippen LogP contribution in [0.3, 0.4) is 0 Å². The summed E-state index contributed by atoms with van der Waals surface area (Å²) in [5, 5.41) is 3.43. The second kappa shape index (κ2) is 11.3. The molecule has 23 heavy (non-hydrogen) atoms. The van der Waals surface area contributed by atoms with Crippen molar-refractivity contribution in [2.45, 2.75) is 25.8 Å². The Kier molecular flexibility index (Phi) is 10.1. The van der Waals surface area contributed by atoms with Crippen LogP contribution in [-0.2, 0) is 11.3 Å². The molecule has 0 aliphatic carbocycles. The summed E-state index contributed by atoms with van der Waals surface area (Å²) in [4.78, 5) is 6.60. The van der Waals surface area contributed by atoms with Gasteiger partial charge in [0.1, 0.15) is 0 Å². The van der Waals surface area contributed by atoms with Gasteiger partial charge in [0.2, 0.25) is 0 Å². The van der Waals surface area contributed by atoms with Gasteiger partial charge in [0.25, 0.3) is 0 Å². The first kappa shape index (κ1) is 20.7. The molecule has 2 rings (SSSR count). The monoisotopic (exact) mass is 495 g/mol. The fourth-order valence-electron chi connectivity index (χ4n) is 2.69. The Hall–Kier alpha value is -0.340. The van der Waals surface area contributed by atoms with E-state index in [9.17, 15) is 0 Å². The number of hydrogen-bond acceptors (Lipinski definition) is 2. The highest BCUT2D eigenvalue weighted by Gasteiger charge is 2.15. The molecule has 1 aliphatic heterocycles. The van der Waals surface area contributed by atoms with Crippen LogP contribution in [-0.4, -0.2) is 44.7 Å². The van der Waals surface area contributed by atoms with E-state index < -0.39 is 0 Å². The lowest BCUT2D eigenvalue weighted by Crippen LogP contribution is -2.39. The molecule has 1 heterocycles. The predicted octanol–water partition coefficient (Wildman–Crippen LogP) is 3.89. The van der Waals surface area contributed by atoms with Crippen molar-refractivity contribution in [2.75, 3.05) is 33.9 Å². The molecule has 0 unspecified atom stereocenters. The van der Waals surface area contributed by atoms with Crippen molar-refractivity contribution in [3.8, 4) is 0 Å². The fraction of sp³-hybridized carbons (Fsp3) is 0.588. The normalized spacial score (nSPS) is 15.9. The van der Waals surface area contributed by atoms with Gasteiger partial charge >= 0.3 is 0 Å². The van der Waals surface area contributed by atoms with Gasteiger partial charge in [-0.2, -0.15) is 0 Å². The highest BCUT2D eigenvalue weighted by Crippen LogP contribution is 2.18. The summed E-state index contributed by atoms with van der Waals surface area (Å²) < 4.78 is 6.52. The van der Waals surface area contributed by atoms with Gasteiger partial charge < -0.3 is 15.0 Å². The molecule has 130 valence electrons. The smallest absolute Gasteiger partial charge is 0.193 e. The number of ether oxygens (including phenoxy) is 1. The minimum absolute atomic E-state index is 0. The Morgan fingerprint density at radius 2 is 1.96 bits per heavy atom. The first-order chi connectivity index (χ1) is 10.7. The van der Waals surface area contributed by atoms with Crippen LogP contribution < -0.4 is 5.32 Å². The topological polar surface area (TPSA) is 36.9 Å². The van der Waals surface area contributed by atoms with E-state index >= 15 is 0 Å². The molecule has 1 aromatic rings. The van der Waals surface area contributed by atoms with Crippen molar-refractivity contribution < 1.29 is 4.74 Å². The first-order valence-electron chi connectivity index (χ1n) is 7.93. The summed E-state index contributed by atoms with van der Waals surface area (Å²) >= 11 is 3.46. The highest BCUT2D eigenvalue weighted by molar-refractivity contribution is 14.0. The molecule has 0 saturated carbocycles. The van der Waals surface area contributed by atoms with Crippen molar-refractivity contribution in [2.24, 2.45) is 10.9 Å². The third-order valence-corrected chi connectivity index (χ3v) is 4.68. The van der Waals surface area contributed by atoms with E-state index in [1.54, 1.807) is 0 Å². The number of halogens is 2. The van der Waals surface area contributed by atoms with Crippen LogP contribution in [0.15, 0.2) is 33.7 Å². The van der Waals surface area contributed by atoms with Gasteiger partial charge in [-0.15, -0.1) is 24.0 Å². The Balaban J connectivity index is 0.00000264. The molecule has 1 N–H and O–H groups in total. The quantitative estimate of drug-likeness (QED) is 0.382. The molecule has 0 bridgehead atoms. The van der Waals surface area contributed by atoms with E-state index in [1.165, 1.54) is 24.8 Å². The molecule has 0 spiro atoms. The number of hydrogen-bond donors (Lipinski definition) is 1. The van der Waals surface area contributed by atoms with E-state index in [-0.39, 0.29) is 24.0 Å². The molecule has 0 aromatic heterocycles. The standard InChI is InChI=1S/C17H26BrN3O.HI/c1-19-17(20-13-15-3-5-16(18)6-4-15)21(2)10-7-14-8-11-22-12-9-14;/h3-6,14H,7-13H2,1-2H3,(H,19,20);1H. The Morgan fingerprint density at radius 1 is 1.30 bits per heavy atom. The first-order valence-corrected chi connectivity index (χ1v) is 8.72. The van der Waals surface area contributed by atoms with Crippen molar-refractivity contribution in [1.29, 1.82) is 0 Å². The van der Waals surface area contributed by atoms with Crippen LogP contribution in [0.5, 0.6) is 0 Å². The summed E-state index contributed by atoms with van der Waals surface area (Å²) in [5.74, 6) is 1.75. The van der Waals surface area contributed by atoms with Gasteiger partial charge in [-0.25, -0.2) is 0 Å². The van der Waals surface area contributed by atoms with Gasteiger partial charge in [0.15, 0.2) is 5.96 Å². The zero-order valence-electron chi connectivity index (χ0n) is 13.9. The Labute approximate surface area is 165 Å². The molecule has 1 saturated heterocycles. The van der Waals surface area contributed by atoms with Crippen molar-refractivity contribution >= 4 is 45.9 Å². The molecule has 1 aromatic carbocycles. The van der Waals surface area contributed by atoms with E-state index in [0.717, 1.165) is 42.7 Å². The molecule has 6 heteroatoms. The maximum absolute atomic E-state index is 5.42. The number of nitrogens with one attached hydrogen (secondary N) is 1. The second-order valence-electron chi connectivity index (χ2n) is 5.79. The van der Waals surface area contributed by atoms with Gasteiger partial charge in [0, 0.05) is 44.9 Å². The van der Waals surface area contributed by atoms with E-state index in [4.69, 9.17) is 4.74 Å². The van der Waals surface area contributed by atoms with Crippen molar-refractivity contribution in [1.82, 2.24) is 10.2 Å². The summed E-state index contributed by atoms with van der Waals surface area (Å²) in [7, 11) is 3.95. The van der Waals surface area contributed by atoms with Crippen LogP contribution >= 0.6 is 39.9 Å². The zero-order valence-corrected chi connectivity index (χ0v) is 17.8. The lowest BCUT2D eigenvalue weighted by molar-refractivity contribution is 0.0625. The fourth-order valence-corrected chi connectivity index (χ4v) is 2.95. The Bertz CT molecular complexity index is 475. The largest absolute Gasteiger partial charge is 0.381 e. The van der Waals surface area contributed by atoms with Crippen molar-refractivity contribution in [3.05, 3.63) is 34.3 Å². The zero-order chi connectivity index (χ0) is 15.8. The van der Waals surface area contributed by atoms with E-state index in [2.05, 4.69) is 62.5 Å². The summed E-state index contributed by atoms with van der Waals surface area (Å²) in [6.07, 6.45) is 3.59. The lowest BCUT2D eigenvalue weighted by atomic mass is 9.96. The highest BCUT2D eigenvalue weighted by atomic mass is 127. The second-order valence-corrected chi connectivity index (χ2v) is 6.71. The number of nitrogens with zero attached hydrogens (tertiary/aromatic N) is 2. The minimum Gasteiger partial charge on any atom is -0.381 e. The Morgan fingerprint density at radius 3 is 2.57 bits per heavy atom. The molecular formula is C17H27BrIN3O. The average Bonchev–Trinajstić information content (AvgIpc) is 2.56. The third kappa shape index (κ3) is 7.39. The van der Waals surface area contributed by atoms with Crippen LogP contribution in [0.2, 0.25) is 0 Å². The summed E-state index contributed by atoms with van der Waals surface area (Å²) in [6.45, 7) is 3.67. The van der Waals surface area contributed by atoms with Gasteiger partial charge in [0.05, 0.1) is 0 Å². The minimum atomic E-state index is 0. The van der Waals surface area contributed by atoms with Crippen LogP contribution in [0, 0.1) is 5.92 Å². The molecule has 0 atom stereocenters. The number of aliphatic imine (C=N–C) groups is 1. The number of guanidine groups is 1. The number of rotatable bonds is 5. The van der Waals surface area contributed by atoms with E-state index in [0.29, 0.717) is 0 Å². The molecule has 1 fully saturated rings.